The minimum Gasteiger partial charge on any atom is -0.507 e. The fourth-order valence-electron chi connectivity index (χ4n) is 1.27. The molecule has 0 aliphatic rings. The number of benzene rings is 1. The van der Waals surface area contributed by atoms with Crippen LogP contribution in [0.2, 0.25) is 10.2 Å². The second-order valence-corrected chi connectivity index (χ2v) is 4.11. The van der Waals surface area contributed by atoms with Gasteiger partial charge >= 0.3 is 0 Å². The fraction of sp³-hybridized carbons (Fsp3) is 0. The SMILES string of the molecule is O=C(Nc1nccnc1Cl)c1cc(Cl)ccc1O. The van der Waals surface area contributed by atoms with Gasteiger partial charge in [0.1, 0.15) is 5.75 Å². The zero-order valence-corrected chi connectivity index (χ0v) is 10.4. The highest BCUT2D eigenvalue weighted by atomic mass is 35.5. The number of amides is 1. The summed E-state index contributed by atoms with van der Waals surface area (Å²) in [7, 11) is 0. The van der Waals surface area contributed by atoms with E-state index in [0.29, 0.717) is 5.02 Å². The van der Waals surface area contributed by atoms with Crippen molar-refractivity contribution < 1.29 is 9.90 Å². The minimum atomic E-state index is -0.572. The van der Waals surface area contributed by atoms with Gasteiger partial charge in [-0.05, 0) is 18.2 Å². The maximum absolute atomic E-state index is 11.9. The number of nitrogens with zero attached hydrogens (tertiary/aromatic N) is 2. The molecule has 1 heterocycles. The van der Waals surface area contributed by atoms with Gasteiger partial charge in [0.05, 0.1) is 5.56 Å². The molecule has 0 spiro atoms. The van der Waals surface area contributed by atoms with E-state index in [1.807, 2.05) is 0 Å². The first-order valence-electron chi connectivity index (χ1n) is 4.84. The van der Waals surface area contributed by atoms with Crippen LogP contribution in [0.4, 0.5) is 5.82 Å². The van der Waals surface area contributed by atoms with Crippen LogP contribution < -0.4 is 5.32 Å². The Bertz CT molecular complexity index is 605. The number of nitrogens with one attached hydrogen (secondary N) is 1. The number of carbonyl (C=O) groups excluding carboxylic acids is 1. The summed E-state index contributed by atoms with van der Waals surface area (Å²) in [6.45, 7) is 0. The number of aromatic nitrogens is 2. The lowest BCUT2D eigenvalue weighted by Crippen LogP contribution is -2.13. The lowest BCUT2D eigenvalue weighted by molar-refractivity contribution is 0.102. The number of phenolic OH excluding ortho intramolecular Hbond substituents is 1. The van der Waals surface area contributed by atoms with Crippen molar-refractivity contribution in [1.82, 2.24) is 9.97 Å². The van der Waals surface area contributed by atoms with E-state index >= 15 is 0 Å². The smallest absolute Gasteiger partial charge is 0.260 e. The Morgan fingerprint density at radius 2 is 1.94 bits per heavy atom. The van der Waals surface area contributed by atoms with Gasteiger partial charge in [-0.3, -0.25) is 4.79 Å². The van der Waals surface area contributed by atoms with Gasteiger partial charge in [0.15, 0.2) is 11.0 Å². The second kappa shape index (κ2) is 5.20. The van der Waals surface area contributed by atoms with Crippen LogP contribution >= 0.6 is 23.2 Å². The molecule has 0 aliphatic carbocycles. The fourth-order valence-corrected chi connectivity index (χ4v) is 1.59. The first-order valence-corrected chi connectivity index (χ1v) is 5.60. The van der Waals surface area contributed by atoms with Crippen molar-refractivity contribution in [3.8, 4) is 5.75 Å². The van der Waals surface area contributed by atoms with Crippen LogP contribution in [0.1, 0.15) is 10.4 Å². The Morgan fingerprint density at radius 1 is 1.22 bits per heavy atom. The average Bonchev–Trinajstić information content (AvgIpc) is 2.35. The van der Waals surface area contributed by atoms with E-state index in [1.54, 1.807) is 0 Å². The molecule has 0 radical (unpaired) electrons. The molecule has 7 heteroatoms. The van der Waals surface area contributed by atoms with E-state index in [0.717, 1.165) is 0 Å². The van der Waals surface area contributed by atoms with Gasteiger partial charge in [0.2, 0.25) is 0 Å². The number of halogens is 2. The van der Waals surface area contributed by atoms with Crippen molar-refractivity contribution >= 4 is 34.9 Å². The highest BCUT2D eigenvalue weighted by Crippen LogP contribution is 2.23. The molecule has 0 saturated carbocycles. The maximum atomic E-state index is 11.9. The number of phenols is 1. The summed E-state index contributed by atoms with van der Waals surface area (Å²) in [5, 5.41) is 12.4. The molecule has 1 amide bonds. The van der Waals surface area contributed by atoms with Gasteiger partial charge in [-0.2, -0.15) is 0 Å². The Balaban J connectivity index is 2.28. The van der Waals surface area contributed by atoms with E-state index in [2.05, 4.69) is 15.3 Å². The van der Waals surface area contributed by atoms with Gasteiger partial charge in [-0.25, -0.2) is 9.97 Å². The number of aromatic hydroxyl groups is 1. The zero-order chi connectivity index (χ0) is 13.1. The summed E-state index contributed by atoms with van der Waals surface area (Å²) in [4.78, 5) is 19.5. The Morgan fingerprint density at radius 3 is 2.67 bits per heavy atom. The summed E-state index contributed by atoms with van der Waals surface area (Å²) in [5.74, 6) is -0.641. The molecule has 0 unspecified atom stereocenters. The molecule has 0 atom stereocenters. The molecule has 1 aromatic carbocycles. The largest absolute Gasteiger partial charge is 0.507 e. The second-order valence-electron chi connectivity index (χ2n) is 3.31. The maximum Gasteiger partial charge on any atom is 0.260 e. The van der Waals surface area contributed by atoms with Crippen LogP contribution in [-0.4, -0.2) is 21.0 Å². The van der Waals surface area contributed by atoms with Crippen LogP contribution in [0.15, 0.2) is 30.6 Å². The third kappa shape index (κ3) is 2.69. The molecule has 2 N–H and O–H groups in total. The van der Waals surface area contributed by atoms with Crippen molar-refractivity contribution in [3.63, 3.8) is 0 Å². The van der Waals surface area contributed by atoms with Crippen molar-refractivity contribution in [3.05, 3.63) is 46.3 Å². The van der Waals surface area contributed by atoms with Crippen LogP contribution in [-0.2, 0) is 0 Å². The van der Waals surface area contributed by atoms with E-state index in [-0.39, 0.29) is 22.3 Å². The van der Waals surface area contributed by atoms with Crippen molar-refractivity contribution in [2.45, 2.75) is 0 Å². The average molecular weight is 284 g/mol. The number of rotatable bonds is 2. The number of anilines is 1. The highest BCUT2D eigenvalue weighted by molar-refractivity contribution is 6.32. The monoisotopic (exact) mass is 283 g/mol. The third-order valence-corrected chi connectivity index (χ3v) is 2.60. The number of hydrogen-bond acceptors (Lipinski definition) is 4. The molecule has 0 saturated heterocycles. The van der Waals surface area contributed by atoms with Crippen molar-refractivity contribution in [1.29, 1.82) is 0 Å². The molecular formula is C11H7Cl2N3O2. The van der Waals surface area contributed by atoms with Crippen LogP contribution in [0.5, 0.6) is 5.75 Å². The minimum absolute atomic E-state index is 0.0317. The lowest BCUT2D eigenvalue weighted by Gasteiger charge is -2.07. The zero-order valence-electron chi connectivity index (χ0n) is 8.89. The van der Waals surface area contributed by atoms with Gasteiger partial charge in [0, 0.05) is 17.4 Å². The quantitative estimate of drug-likeness (QED) is 0.889. The van der Waals surface area contributed by atoms with Crippen LogP contribution in [0, 0.1) is 0 Å². The van der Waals surface area contributed by atoms with E-state index < -0.39 is 5.91 Å². The number of hydrogen-bond donors (Lipinski definition) is 2. The third-order valence-electron chi connectivity index (χ3n) is 2.09. The van der Waals surface area contributed by atoms with Gasteiger partial charge in [-0.15, -0.1) is 0 Å². The Kier molecular flexibility index (Phi) is 3.64. The van der Waals surface area contributed by atoms with Gasteiger partial charge in [-0.1, -0.05) is 23.2 Å². The van der Waals surface area contributed by atoms with Crippen LogP contribution in [0.3, 0.4) is 0 Å². The molecular weight excluding hydrogens is 277 g/mol. The predicted molar refractivity (Wildman–Crippen MR) is 68.1 cm³/mol. The molecule has 2 aromatic rings. The molecule has 1 aromatic heterocycles. The Labute approximate surface area is 112 Å². The molecule has 0 fully saturated rings. The standard InChI is InChI=1S/C11H7Cl2N3O2/c12-6-1-2-8(17)7(5-6)11(18)16-10-9(13)14-3-4-15-10/h1-5,17H,(H,15,16,18). The van der Waals surface area contributed by atoms with E-state index in [4.69, 9.17) is 23.2 Å². The summed E-state index contributed by atoms with van der Waals surface area (Å²) in [6, 6.07) is 4.15. The molecule has 18 heavy (non-hydrogen) atoms. The predicted octanol–water partition coefficient (Wildman–Crippen LogP) is 2.74. The summed E-state index contributed by atoms with van der Waals surface area (Å²) >= 11 is 11.5. The van der Waals surface area contributed by atoms with Crippen LogP contribution in [0.25, 0.3) is 0 Å². The number of carbonyl (C=O) groups is 1. The molecule has 92 valence electrons. The van der Waals surface area contributed by atoms with Gasteiger partial charge < -0.3 is 10.4 Å². The molecule has 0 aliphatic heterocycles. The molecule has 0 bridgehead atoms. The van der Waals surface area contributed by atoms with E-state index in [9.17, 15) is 9.90 Å². The lowest BCUT2D eigenvalue weighted by atomic mass is 10.2. The van der Waals surface area contributed by atoms with Gasteiger partial charge in [0.25, 0.3) is 5.91 Å². The molecule has 5 nitrogen and oxygen atoms in total. The topological polar surface area (TPSA) is 75.1 Å². The first kappa shape index (κ1) is 12.6. The molecule has 2 rings (SSSR count). The summed E-state index contributed by atoms with van der Waals surface area (Å²) < 4.78 is 0. The first-order chi connectivity index (χ1) is 8.58. The highest BCUT2D eigenvalue weighted by Gasteiger charge is 2.14. The van der Waals surface area contributed by atoms with Crippen molar-refractivity contribution in [2.75, 3.05) is 5.32 Å². The van der Waals surface area contributed by atoms with E-state index in [1.165, 1.54) is 30.6 Å². The summed E-state index contributed by atoms with van der Waals surface area (Å²) in [5.41, 5.74) is 0.0317. The summed E-state index contributed by atoms with van der Waals surface area (Å²) in [6.07, 6.45) is 2.79. The van der Waals surface area contributed by atoms with Crippen molar-refractivity contribution in [2.24, 2.45) is 0 Å². The normalized spacial score (nSPS) is 10.1. The Hall–Kier alpha value is -1.85.